The molecule has 1 aliphatic rings. The van der Waals surface area contributed by atoms with Crippen molar-refractivity contribution < 1.29 is 9.59 Å². The summed E-state index contributed by atoms with van der Waals surface area (Å²) in [5, 5.41) is 4.89. The Kier molecular flexibility index (Phi) is 5.07. The molecule has 0 aliphatic heterocycles. The second-order valence-electron chi connectivity index (χ2n) is 6.43. The number of hydrogen-bond acceptors (Lipinski definition) is 4. The minimum Gasteiger partial charge on any atom is -0.291 e. The zero-order chi connectivity index (χ0) is 17.8. The predicted octanol–water partition coefficient (Wildman–Crippen LogP) is 3.71. The first kappa shape index (κ1) is 17.1. The van der Waals surface area contributed by atoms with E-state index in [0.717, 1.165) is 29.8 Å². The molecule has 3 amide bonds. The van der Waals surface area contributed by atoms with Crippen molar-refractivity contribution in [3.05, 3.63) is 53.0 Å². The van der Waals surface area contributed by atoms with Crippen molar-refractivity contribution >= 4 is 17.8 Å². The van der Waals surface area contributed by atoms with Crippen molar-refractivity contribution in [2.24, 2.45) is 0 Å². The maximum atomic E-state index is 12.2. The number of imide groups is 1. The molecule has 1 heterocycles. The first-order valence-electron chi connectivity index (χ1n) is 8.56. The molecular formula is C19H22N4O2. The van der Waals surface area contributed by atoms with Crippen LogP contribution in [0, 0.1) is 13.8 Å². The van der Waals surface area contributed by atoms with E-state index in [2.05, 4.69) is 20.6 Å². The lowest BCUT2D eigenvalue weighted by molar-refractivity contribution is 0.0966. The number of hydrogen-bond donors (Lipinski definition) is 2. The summed E-state index contributed by atoms with van der Waals surface area (Å²) in [6.07, 6.45) is 6.31. The molecule has 1 aliphatic carbocycles. The molecule has 2 aromatic rings. The molecule has 1 fully saturated rings. The lowest BCUT2D eigenvalue weighted by atomic mass is 10.0. The minimum atomic E-state index is -0.615. The molecule has 0 spiro atoms. The molecule has 0 saturated heterocycles. The summed E-state index contributed by atoms with van der Waals surface area (Å²) in [7, 11) is 0. The van der Waals surface area contributed by atoms with E-state index in [1.807, 2.05) is 26.0 Å². The van der Waals surface area contributed by atoms with Crippen LogP contribution in [0.2, 0.25) is 0 Å². The molecule has 0 radical (unpaired) electrons. The van der Waals surface area contributed by atoms with Crippen LogP contribution in [0.25, 0.3) is 0 Å². The molecule has 1 saturated carbocycles. The van der Waals surface area contributed by atoms with Crippen LogP contribution >= 0.6 is 0 Å². The predicted molar refractivity (Wildman–Crippen MR) is 95.6 cm³/mol. The molecule has 0 unspecified atom stereocenters. The van der Waals surface area contributed by atoms with Gasteiger partial charge in [0.1, 0.15) is 0 Å². The zero-order valence-electron chi connectivity index (χ0n) is 14.5. The van der Waals surface area contributed by atoms with Gasteiger partial charge in [0.25, 0.3) is 5.91 Å². The van der Waals surface area contributed by atoms with Crippen molar-refractivity contribution in [2.45, 2.75) is 45.4 Å². The number of carbonyl (C=O) groups is 2. The van der Waals surface area contributed by atoms with Gasteiger partial charge in [-0.05, 0) is 38.3 Å². The molecular weight excluding hydrogens is 316 g/mol. The largest absolute Gasteiger partial charge is 0.327 e. The maximum absolute atomic E-state index is 12.2. The SMILES string of the molecule is Cc1ccccc1C(=O)NC(=O)Nc1cnc(C2CCCC2)c(C)n1. The Morgan fingerprint density at radius 2 is 1.84 bits per heavy atom. The van der Waals surface area contributed by atoms with Gasteiger partial charge in [-0.3, -0.25) is 20.4 Å². The van der Waals surface area contributed by atoms with Crippen molar-refractivity contribution in [1.82, 2.24) is 15.3 Å². The fraction of sp³-hybridized carbons (Fsp3) is 0.368. The van der Waals surface area contributed by atoms with Gasteiger partial charge in [-0.15, -0.1) is 0 Å². The van der Waals surface area contributed by atoms with Crippen LogP contribution in [0.15, 0.2) is 30.5 Å². The molecule has 130 valence electrons. The van der Waals surface area contributed by atoms with Crippen LogP contribution < -0.4 is 10.6 Å². The van der Waals surface area contributed by atoms with E-state index in [1.165, 1.54) is 12.8 Å². The quantitative estimate of drug-likeness (QED) is 0.893. The van der Waals surface area contributed by atoms with Gasteiger partial charge in [-0.1, -0.05) is 31.0 Å². The average molecular weight is 338 g/mol. The van der Waals surface area contributed by atoms with Crippen LogP contribution in [0.1, 0.15) is 58.9 Å². The number of amides is 3. The Hall–Kier alpha value is -2.76. The lowest BCUT2D eigenvalue weighted by Gasteiger charge is -2.13. The number of nitrogens with one attached hydrogen (secondary N) is 2. The number of urea groups is 1. The van der Waals surface area contributed by atoms with Gasteiger partial charge in [-0.25, -0.2) is 9.78 Å². The Morgan fingerprint density at radius 3 is 2.52 bits per heavy atom. The standard InChI is InChI=1S/C19H22N4O2/c1-12-7-3-6-10-15(12)18(24)23-19(25)22-16-11-20-17(13(2)21-16)14-8-4-5-9-14/h3,6-7,10-11,14H,4-5,8-9H2,1-2H3,(H2,21,22,23,24,25). The molecule has 6 nitrogen and oxygen atoms in total. The smallest absolute Gasteiger partial charge is 0.291 e. The second kappa shape index (κ2) is 7.42. The molecule has 1 aromatic heterocycles. The third-order valence-corrected chi connectivity index (χ3v) is 4.58. The van der Waals surface area contributed by atoms with Crippen LogP contribution in [-0.2, 0) is 0 Å². The van der Waals surface area contributed by atoms with Gasteiger partial charge in [0.15, 0.2) is 5.82 Å². The Morgan fingerprint density at radius 1 is 1.12 bits per heavy atom. The highest BCUT2D eigenvalue weighted by Crippen LogP contribution is 2.34. The summed E-state index contributed by atoms with van der Waals surface area (Å²) >= 11 is 0. The Labute approximate surface area is 147 Å². The van der Waals surface area contributed by atoms with Crippen molar-refractivity contribution in [3.8, 4) is 0 Å². The molecule has 25 heavy (non-hydrogen) atoms. The van der Waals surface area contributed by atoms with Gasteiger partial charge in [0, 0.05) is 11.5 Å². The number of carbonyl (C=O) groups excluding carboxylic acids is 2. The van der Waals surface area contributed by atoms with Crippen molar-refractivity contribution in [2.75, 3.05) is 5.32 Å². The Balaban J connectivity index is 1.64. The second-order valence-corrected chi connectivity index (χ2v) is 6.43. The molecule has 2 N–H and O–H groups in total. The molecule has 3 rings (SSSR count). The van der Waals surface area contributed by atoms with E-state index < -0.39 is 11.9 Å². The summed E-state index contributed by atoms with van der Waals surface area (Å²) in [6.45, 7) is 3.73. The lowest BCUT2D eigenvalue weighted by Crippen LogP contribution is -2.35. The van der Waals surface area contributed by atoms with Crippen molar-refractivity contribution in [1.29, 1.82) is 0 Å². The zero-order valence-corrected chi connectivity index (χ0v) is 14.5. The summed E-state index contributed by atoms with van der Waals surface area (Å²) in [6, 6.07) is 6.49. The Bertz CT molecular complexity index is 798. The number of aryl methyl sites for hydroxylation is 2. The summed E-state index contributed by atoms with van der Waals surface area (Å²) in [5.41, 5.74) is 3.12. The van der Waals surface area contributed by atoms with Crippen LogP contribution in [0.5, 0.6) is 0 Å². The number of rotatable bonds is 3. The van der Waals surface area contributed by atoms with Gasteiger partial charge < -0.3 is 0 Å². The van der Waals surface area contributed by atoms with Crippen LogP contribution in [0.3, 0.4) is 0 Å². The fourth-order valence-electron chi connectivity index (χ4n) is 3.30. The maximum Gasteiger partial charge on any atom is 0.327 e. The summed E-state index contributed by atoms with van der Waals surface area (Å²) in [5.74, 6) is 0.371. The van der Waals surface area contributed by atoms with E-state index >= 15 is 0 Å². The van der Waals surface area contributed by atoms with E-state index in [0.29, 0.717) is 17.3 Å². The van der Waals surface area contributed by atoms with E-state index in [9.17, 15) is 9.59 Å². The van der Waals surface area contributed by atoms with E-state index in [-0.39, 0.29) is 0 Å². The summed E-state index contributed by atoms with van der Waals surface area (Å²) in [4.78, 5) is 33.1. The number of aromatic nitrogens is 2. The number of benzene rings is 1. The van der Waals surface area contributed by atoms with Crippen molar-refractivity contribution in [3.63, 3.8) is 0 Å². The van der Waals surface area contributed by atoms with Crippen LogP contribution in [-0.4, -0.2) is 21.9 Å². The molecule has 1 aromatic carbocycles. The van der Waals surface area contributed by atoms with Gasteiger partial charge >= 0.3 is 6.03 Å². The molecule has 6 heteroatoms. The first-order chi connectivity index (χ1) is 12.0. The third-order valence-electron chi connectivity index (χ3n) is 4.58. The van der Waals surface area contributed by atoms with Gasteiger partial charge in [0.2, 0.25) is 0 Å². The van der Waals surface area contributed by atoms with Gasteiger partial charge in [-0.2, -0.15) is 0 Å². The monoisotopic (exact) mass is 338 g/mol. The third kappa shape index (κ3) is 4.02. The summed E-state index contributed by atoms with van der Waals surface area (Å²) < 4.78 is 0. The highest BCUT2D eigenvalue weighted by molar-refractivity contribution is 6.08. The van der Waals surface area contributed by atoms with E-state index in [1.54, 1.807) is 18.3 Å². The first-order valence-corrected chi connectivity index (χ1v) is 8.56. The number of nitrogens with zero attached hydrogens (tertiary/aromatic N) is 2. The minimum absolute atomic E-state index is 0.342. The topological polar surface area (TPSA) is 84.0 Å². The van der Waals surface area contributed by atoms with Crippen LogP contribution in [0.4, 0.5) is 10.6 Å². The average Bonchev–Trinajstić information content (AvgIpc) is 3.09. The number of anilines is 1. The highest BCUT2D eigenvalue weighted by Gasteiger charge is 2.21. The van der Waals surface area contributed by atoms with Gasteiger partial charge in [0.05, 0.1) is 17.6 Å². The fourth-order valence-corrected chi connectivity index (χ4v) is 3.30. The van der Waals surface area contributed by atoms with E-state index in [4.69, 9.17) is 0 Å². The normalized spacial score (nSPS) is 14.3. The molecule has 0 atom stereocenters. The highest BCUT2D eigenvalue weighted by atomic mass is 16.2. The molecule has 0 bridgehead atoms.